The van der Waals surface area contributed by atoms with Gasteiger partial charge in [-0.25, -0.2) is 4.68 Å². The zero-order chi connectivity index (χ0) is 24.8. The number of alkyl halides is 6. The first-order valence-corrected chi connectivity index (χ1v) is 10.4. The fraction of sp³-hybridized carbons (Fsp3) is 0.273. The number of anilines is 2. The second-order valence-corrected chi connectivity index (χ2v) is 8.31. The van der Waals surface area contributed by atoms with Crippen LogP contribution in [-0.4, -0.2) is 21.9 Å². The minimum absolute atomic E-state index is 0.0311. The summed E-state index contributed by atoms with van der Waals surface area (Å²) in [7, 11) is 0. The van der Waals surface area contributed by atoms with Gasteiger partial charge in [0, 0.05) is 18.2 Å². The van der Waals surface area contributed by atoms with Crippen molar-refractivity contribution in [2.45, 2.75) is 37.8 Å². The third-order valence-electron chi connectivity index (χ3n) is 5.43. The van der Waals surface area contributed by atoms with E-state index in [0.717, 1.165) is 23.8 Å². The lowest BCUT2D eigenvalue weighted by Crippen LogP contribution is -2.35. The van der Waals surface area contributed by atoms with Crippen molar-refractivity contribution in [3.63, 3.8) is 0 Å². The van der Waals surface area contributed by atoms with Gasteiger partial charge in [0.15, 0.2) is 11.7 Å². The van der Waals surface area contributed by atoms with E-state index in [9.17, 15) is 31.1 Å². The molecule has 180 valence electrons. The third kappa shape index (κ3) is 4.84. The van der Waals surface area contributed by atoms with E-state index in [2.05, 4.69) is 15.7 Å². The minimum Gasteiger partial charge on any atom is -0.363 e. The van der Waals surface area contributed by atoms with Crippen LogP contribution in [0.2, 0.25) is 5.02 Å². The number of halogens is 7. The maximum atomic E-state index is 13.8. The van der Waals surface area contributed by atoms with Crippen LogP contribution in [0, 0.1) is 6.92 Å². The predicted molar refractivity (Wildman–Crippen MR) is 114 cm³/mol. The van der Waals surface area contributed by atoms with Crippen LogP contribution in [-0.2, 0) is 6.18 Å². The SMILES string of the molecule is Cc1ccc([C@@H]2C[C@H](C(F)(F)F)n3nc(C(=O)Nc4ccc(Cl)c(C(F)(F)F)c4)cc3N2)cc1. The summed E-state index contributed by atoms with van der Waals surface area (Å²) in [5, 5.41) is 8.44. The van der Waals surface area contributed by atoms with Crippen LogP contribution in [0.5, 0.6) is 0 Å². The van der Waals surface area contributed by atoms with Gasteiger partial charge in [-0.05, 0) is 30.7 Å². The Kier molecular flexibility index (Phi) is 6.01. The van der Waals surface area contributed by atoms with E-state index < -0.39 is 40.9 Å². The molecule has 34 heavy (non-hydrogen) atoms. The Morgan fingerprint density at radius 1 is 1.09 bits per heavy atom. The predicted octanol–water partition coefficient (Wildman–Crippen LogP) is 6.78. The van der Waals surface area contributed by atoms with Crippen molar-refractivity contribution >= 4 is 29.0 Å². The summed E-state index contributed by atoms with van der Waals surface area (Å²) in [5.41, 5.74) is -0.183. The lowest BCUT2D eigenvalue weighted by Gasteiger charge is -2.33. The average Bonchev–Trinajstić information content (AvgIpc) is 3.17. The maximum Gasteiger partial charge on any atom is 0.417 e. The second-order valence-electron chi connectivity index (χ2n) is 7.91. The summed E-state index contributed by atoms with van der Waals surface area (Å²) < 4.78 is 81.3. The lowest BCUT2D eigenvalue weighted by atomic mass is 9.96. The minimum atomic E-state index is -4.75. The van der Waals surface area contributed by atoms with Gasteiger partial charge in [0.05, 0.1) is 16.6 Å². The molecule has 0 unspecified atom stereocenters. The summed E-state index contributed by atoms with van der Waals surface area (Å²) in [5.74, 6) is -0.997. The summed E-state index contributed by atoms with van der Waals surface area (Å²) in [6.07, 6.45) is -9.74. The highest BCUT2D eigenvalue weighted by atomic mass is 35.5. The van der Waals surface area contributed by atoms with E-state index >= 15 is 0 Å². The van der Waals surface area contributed by atoms with Crippen molar-refractivity contribution < 1.29 is 31.1 Å². The van der Waals surface area contributed by atoms with Gasteiger partial charge in [0.1, 0.15) is 5.82 Å². The summed E-state index contributed by atoms with van der Waals surface area (Å²) in [4.78, 5) is 12.6. The van der Waals surface area contributed by atoms with Gasteiger partial charge < -0.3 is 10.6 Å². The Labute approximate surface area is 194 Å². The number of fused-ring (bicyclic) bond motifs is 1. The lowest BCUT2D eigenvalue weighted by molar-refractivity contribution is -0.173. The van der Waals surface area contributed by atoms with Crippen LogP contribution < -0.4 is 10.6 Å². The number of amides is 1. The van der Waals surface area contributed by atoms with Gasteiger partial charge in [0.2, 0.25) is 0 Å². The zero-order valence-corrected chi connectivity index (χ0v) is 18.2. The topological polar surface area (TPSA) is 59.0 Å². The van der Waals surface area contributed by atoms with Gasteiger partial charge in [-0.1, -0.05) is 41.4 Å². The smallest absolute Gasteiger partial charge is 0.363 e. The van der Waals surface area contributed by atoms with Crippen LogP contribution >= 0.6 is 11.6 Å². The van der Waals surface area contributed by atoms with Crippen molar-refractivity contribution in [1.82, 2.24) is 9.78 Å². The number of rotatable bonds is 3. The van der Waals surface area contributed by atoms with Gasteiger partial charge in [-0.3, -0.25) is 4.79 Å². The van der Waals surface area contributed by atoms with Crippen molar-refractivity contribution in [3.05, 3.63) is 75.9 Å². The molecule has 2 heterocycles. The van der Waals surface area contributed by atoms with E-state index in [4.69, 9.17) is 11.6 Å². The molecule has 0 fully saturated rings. The van der Waals surface area contributed by atoms with Crippen molar-refractivity contribution in [1.29, 1.82) is 0 Å². The number of aromatic nitrogens is 2. The molecule has 1 aliphatic heterocycles. The second kappa shape index (κ2) is 8.53. The maximum absolute atomic E-state index is 13.8. The fourth-order valence-electron chi connectivity index (χ4n) is 3.72. The quantitative estimate of drug-likeness (QED) is 0.388. The molecule has 0 aliphatic carbocycles. The Morgan fingerprint density at radius 2 is 1.76 bits per heavy atom. The molecule has 0 saturated heterocycles. The molecule has 5 nitrogen and oxygen atoms in total. The van der Waals surface area contributed by atoms with Crippen LogP contribution in [0.3, 0.4) is 0 Å². The van der Waals surface area contributed by atoms with E-state index in [1.807, 2.05) is 6.92 Å². The molecule has 0 saturated carbocycles. The van der Waals surface area contributed by atoms with E-state index in [0.29, 0.717) is 16.3 Å². The number of nitrogens with zero attached hydrogens (tertiary/aromatic N) is 2. The molecular formula is C22H17ClF6N4O. The largest absolute Gasteiger partial charge is 0.417 e. The van der Waals surface area contributed by atoms with Crippen molar-refractivity contribution in [3.8, 4) is 0 Å². The number of hydrogen-bond acceptors (Lipinski definition) is 3. The number of hydrogen-bond donors (Lipinski definition) is 2. The Balaban J connectivity index is 1.63. The van der Waals surface area contributed by atoms with Crippen molar-refractivity contribution in [2.75, 3.05) is 10.6 Å². The van der Waals surface area contributed by atoms with E-state index in [1.54, 1.807) is 24.3 Å². The average molecular weight is 503 g/mol. The molecular weight excluding hydrogens is 486 g/mol. The molecule has 4 rings (SSSR count). The highest BCUT2D eigenvalue weighted by molar-refractivity contribution is 6.31. The van der Waals surface area contributed by atoms with Gasteiger partial charge in [-0.15, -0.1) is 0 Å². The molecule has 2 aromatic carbocycles. The highest BCUT2D eigenvalue weighted by Crippen LogP contribution is 2.43. The Hall–Kier alpha value is -3.21. The molecule has 0 radical (unpaired) electrons. The number of nitrogens with one attached hydrogen (secondary N) is 2. The van der Waals surface area contributed by atoms with Crippen molar-refractivity contribution in [2.24, 2.45) is 0 Å². The first-order valence-electron chi connectivity index (χ1n) is 10.0. The molecule has 2 atom stereocenters. The zero-order valence-electron chi connectivity index (χ0n) is 17.4. The Bertz CT molecular complexity index is 1220. The molecule has 0 spiro atoms. The molecule has 2 N–H and O–H groups in total. The molecule has 1 aromatic heterocycles. The van der Waals surface area contributed by atoms with Crippen LogP contribution in [0.1, 0.15) is 45.7 Å². The van der Waals surface area contributed by atoms with Gasteiger partial charge in [-0.2, -0.15) is 31.4 Å². The van der Waals surface area contributed by atoms with Crippen LogP contribution in [0.25, 0.3) is 0 Å². The summed E-state index contributed by atoms with van der Waals surface area (Å²) in [6, 6.07) is 8.22. The fourth-order valence-corrected chi connectivity index (χ4v) is 3.94. The molecule has 1 amide bonds. The van der Waals surface area contributed by atoms with Crippen LogP contribution in [0.15, 0.2) is 48.5 Å². The summed E-state index contributed by atoms with van der Waals surface area (Å²) >= 11 is 5.57. The number of carbonyl (C=O) groups is 1. The van der Waals surface area contributed by atoms with Gasteiger partial charge >= 0.3 is 12.4 Å². The molecule has 3 aromatic rings. The molecule has 0 bridgehead atoms. The molecule has 12 heteroatoms. The summed E-state index contributed by atoms with van der Waals surface area (Å²) in [6.45, 7) is 1.86. The first-order chi connectivity index (χ1) is 15.8. The Morgan fingerprint density at radius 3 is 2.38 bits per heavy atom. The van der Waals surface area contributed by atoms with Crippen LogP contribution in [0.4, 0.5) is 37.8 Å². The molecule has 1 aliphatic rings. The first kappa shape index (κ1) is 23.9. The highest BCUT2D eigenvalue weighted by Gasteiger charge is 2.46. The van der Waals surface area contributed by atoms with E-state index in [1.165, 1.54) is 0 Å². The number of aryl methyl sites for hydroxylation is 1. The number of benzene rings is 2. The normalized spacial score (nSPS) is 18.2. The monoisotopic (exact) mass is 502 g/mol. The standard InChI is InChI=1S/C22H17ClF6N4O/c1-11-2-4-12(5-3-11)16-9-18(22(27,28)29)33-19(31-16)10-17(32-33)20(34)30-13-6-7-15(23)14(8-13)21(24,25)26/h2-8,10,16,18,31H,9H2,1H3,(H,30,34)/t16-,18+/m0/s1. The van der Waals surface area contributed by atoms with Gasteiger partial charge in [0.25, 0.3) is 5.91 Å². The number of carbonyl (C=O) groups excluding carboxylic acids is 1. The third-order valence-corrected chi connectivity index (χ3v) is 5.76. The van der Waals surface area contributed by atoms with E-state index in [-0.39, 0.29) is 23.6 Å².